The van der Waals surface area contributed by atoms with Gasteiger partial charge in [-0.2, -0.15) is 0 Å². The van der Waals surface area contributed by atoms with Crippen molar-refractivity contribution in [2.24, 2.45) is 0 Å². The van der Waals surface area contributed by atoms with Crippen LogP contribution in [0.3, 0.4) is 0 Å². The van der Waals surface area contributed by atoms with Crippen LogP contribution in [0, 0.1) is 0 Å². The predicted octanol–water partition coefficient (Wildman–Crippen LogP) is 13.8. The smallest absolute Gasteiger partial charge is 0.164 e. The second-order valence-corrected chi connectivity index (χ2v) is 15.0. The number of fused-ring (bicyclic) bond motifs is 8. The third-order valence-electron chi connectivity index (χ3n) is 11.4. The Morgan fingerprint density at radius 3 is 1.73 bits per heavy atom. The highest BCUT2D eigenvalue weighted by Gasteiger charge is 2.25. The quantitative estimate of drug-likeness (QED) is 0.168. The zero-order valence-corrected chi connectivity index (χ0v) is 32.2. The summed E-state index contributed by atoms with van der Waals surface area (Å²) < 4.78 is 9.32. The molecule has 0 atom stereocenters. The molecule has 0 aliphatic rings. The molecule has 60 heavy (non-hydrogen) atoms. The summed E-state index contributed by atoms with van der Waals surface area (Å²) in [7, 11) is 0. The van der Waals surface area contributed by atoms with Gasteiger partial charge in [-0.05, 0) is 76.5 Å². The van der Waals surface area contributed by atoms with Crippen molar-refractivity contribution in [3.8, 4) is 62.2 Å². The predicted molar refractivity (Wildman–Crippen MR) is 244 cm³/mol. The van der Waals surface area contributed by atoms with E-state index in [1.807, 2.05) is 42.5 Å². The standard InChI is InChI=1S/C54H33N5O/c1-3-15-34(16-4-1)38-21-13-22-39(33-38)54-57-52(36-18-5-2-6-19-36)56-53(58-54)37-29-31-40(32-30-37)59-46-28-12-10-25-44(46)51-49(59)47-48(42-26-14-20-35-17-7-8-23-41(35)42)55-45-27-11-9-24-43(45)50(47)60-51/h1-33H. The number of hydrogen-bond donors (Lipinski definition) is 0. The number of furan rings is 1. The molecule has 12 aromatic rings. The van der Waals surface area contributed by atoms with E-state index in [1.54, 1.807) is 0 Å². The number of nitrogens with zero attached hydrogens (tertiary/aromatic N) is 5. The Morgan fingerprint density at radius 1 is 0.383 bits per heavy atom. The number of hydrogen-bond acceptors (Lipinski definition) is 5. The van der Waals surface area contributed by atoms with Crippen LogP contribution in [0.2, 0.25) is 0 Å². The van der Waals surface area contributed by atoms with Crippen LogP contribution in [0.5, 0.6) is 0 Å². The van der Waals surface area contributed by atoms with E-state index in [0.717, 1.165) is 99.4 Å². The third kappa shape index (κ3) is 5.50. The molecule has 0 bridgehead atoms. The molecule has 0 amide bonds. The first-order valence-electron chi connectivity index (χ1n) is 20.1. The maximum atomic E-state index is 7.01. The molecule has 0 fully saturated rings. The van der Waals surface area contributed by atoms with E-state index in [-0.39, 0.29) is 0 Å². The largest absolute Gasteiger partial charge is 0.453 e. The summed E-state index contributed by atoms with van der Waals surface area (Å²) in [5, 5.41) is 5.30. The summed E-state index contributed by atoms with van der Waals surface area (Å²) in [4.78, 5) is 20.6. The summed E-state index contributed by atoms with van der Waals surface area (Å²) in [6.07, 6.45) is 0. The summed E-state index contributed by atoms with van der Waals surface area (Å²) >= 11 is 0. The SMILES string of the molecule is c1ccc(-c2cccc(-c3nc(-c4ccccc4)nc(-c4ccc(-n5c6ccccc6c6oc7c8ccccc8nc(-c8cccc9ccccc89)c7c65)cc4)n3)c2)cc1. The highest BCUT2D eigenvalue weighted by Crippen LogP contribution is 2.45. The van der Waals surface area contributed by atoms with Crippen molar-refractivity contribution in [3.05, 3.63) is 200 Å². The molecule has 12 rings (SSSR count). The van der Waals surface area contributed by atoms with E-state index in [2.05, 4.69) is 162 Å². The minimum absolute atomic E-state index is 0.598. The van der Waals surface area contributed by atoms with Crippen LogP contribution in [-0.2, 0) is 0 Å². The number of para-hydroxylation sites is 2. The van der Waals surface area contributed by atoms with Gasteiger partial charge in [0.2, 0.25) is 0 Å². The highest BCUT2D eigenvalue weighted by molar-refractivity contribution is 6.25. The average Bonchev–Trinajstić information content (AvgIpc) is 3.87. The Hall–Kier alpha value is -8.22. The molecule has 0 saturated heterocycles. The van der Waals surface area contributed by atoms with E-state index in [1.165, 1.54) is 0 Å². The summed E-state index contributed by atoms with van der Waals surface area (Å²) in [6, 6.07) is 69.0. The second-order valence-electron chi connectivity index (χ2n) is 15.0. The molecular formula is C54H33N5O. The normalized spacial score (nSPS) is 11.7. The molecule has 0 saturated carbocycles. The van der Waals surface area contributed by atoms with Gasteiger partial charge in [0.15, 0.2) is 23.1 Å². The summed E-state index contributed by atoms with van der Waals surface area (Å²) in [6.45, 7) is 0. The molecule has 8 aromatic carbocycles. The topological polar surface area (TPSA) is 69.6 Å². The summed E-state index contributed by atoms with van der Waals surface area (Å²) in [5.74, 6) is 1.83. The lowest BCUT2D eigenvalue weighted by atomic mass is 9.98. The Kier molecular flexibility index (Phi) is 7.74. The molecule has 0 N–H and O–H groups in total. The van der Waals surface area contributed by atoms with Crippen molar-refractivity contribution in [1.29, 1.82) is 0 Å². The number of pyridine rings is 1. The van der Waals surface area contributed by atoms with Crippen LogP contribution in [0.4, 0.5) is 0 Å². The maximum Gasteiger partial charge on any atom is 0.164 e. The average molecular weight is 768 g/mol. The Morgan fingerprint density at radius 2 is 0.950 bits per heavy atom. The lowest BCUT2D eigenvalue weighted by Gasteiger charge is -2.13. The van der Waals surface area contributed by atoms with Crippen LogP contribution in [-0.4, -0.2) is 24.5 Å². The molecule has 280 valence electrons. The molecule has 6 heteroatoms. The lowest BCUT2D eigenvalue weighted by Crippen LogP contribution is -2.01. The van der Waals surface area contributed by atoms with Crippen LogP contribution in [0.25, 0.3) is 117 Å². The van der Waals surface area contributed by atoms with Gasteiger partial charge in [-0.3, -0.25) is 0 Å². The van der Waals surface area contributed by atoms with Gasteiger partial charge in [0.25, 0.3) is 0 Å². The monoisotopic (exact) mass is 767 g/mol. The van der Waals surface area contributed by atoms with Crippen LogP contribution in [0.1, 0.15) is 0 Å². The maximum absolute atomic E-state index is 7.01. The van der Waals surface area contributed by atoms with Gasteiger partial charge in [-0.15, -0.1) is 0 Å². The van der Waals surface area contributed by atoms with Gasteiger partial charge in [0.05, 0.1) is 22.1 Å². The van der Waals surface area contributed by atoms with E-state index in [4.69, 9.17) is 24.4 Å². The van der Waals surface area contributed by atoms with Crippen molar-refractivity contribution in [3.63, 3.8) is 0 Å². The van der Waals surface area contributed by atoms with Gasteiger partial charge < -0.3 is 8.98 Å². The molecule has 0 aliphatic heterocycles. The number of benzene rings is 8. The lowest BCUT2D eigenvalue weighted by molar-refractivity contribution is 0.676. The van der Waals surface area contributed by atoms with Crippen molar-refractivity contribution in [1.82, 2.24) is 24.5 Å². The van der Waals surface area contributed by atoms with Gasteiger partial charge >= 0.3 is 0 Å². The molecule has 4 heterocycles. The third-order valence-corrected chi connectivity index (χ3v) is 11.4. The van der Waals surface area contributed by atoms with E-state index in [9.17, 15) is 0 Å². The molecule has 0 radical (unpaired) electrons. The fraction of sp³-hybridized carbons (Fsp3) is 0. The first kappa shape index (κ1) is 33.9. The number of rotatable bonds is 6. The first-order chi connectivity index (χ1) is 29.7. The van der Waals surface area contributed by atoms with Crippen molar-refractivity contribution in [2.75, 3.05) is 0 Å². The van der Waals surface area contributed by atoms with Crippen molar-refractivity contribution < 1.29 is 4.42 Å². The minimum Gasteiger partial charge on any atom is -0.453 e. The van der Waals surface area contributed by atoms with Crippen LogP contribution in [0.15, 0.2) is 205 Å². The minimum atomic E-state index is 0.598. The Bertz CT molecular complexity index is 3590. The fourth-order valence-corrected chi connectivity index (χ4v) is 8.62. The van der Waals surface area contributed by atoms with Crippen LogP contribution >= 0.6 is 0 Å². The van der Waals surface area contributed by atoms with E-state index in [0.29, 0.717) is 17.5 Å². The second kappa shape index (κ2) is 13.7. The zero-order valence-electron chi connectivity index (χ0n) is 32.2. The van der Waals surface area contributed by atoms with Gasteiger partial charge in [0.1, 0.15) is 11.1 Å². The number of aromatic nitrogens is 5. The van der Waals surface area contributed by atoms with Crippen LogP contribution < -0.4 is 0 Å². The summed E-state index contributed by atoms with van der Waals surface area (Å²) in [5.41, 5.74) is 12.5. The molecule has 6 nitrogen and oxygen atoms in total. The fourth-order valence-electron chi connectivity index (χ4n) is 8.62. The zero-order chi connectivity index (χ0) is 39.6. The van der Waals surface area contributed by atoms with Crippen molar-refractivity contribution >= 4 is 54.6 Å². The Labute approximate surface area is 344 Å². The molecule has 0 unspecified atom stereocenters. The van der Waals surface area contributed by atoms with E-state index < -0.39 is 0 Å². The molecule has 0 aliphatic carbocycles. The van der Waals surface area contributed by atoms with E-state index >= 15 is 0 Å². The van der Waals surface area contributed by atoms with Gasteiger partial charge in [-0.1, -0.05) is 146 Å². The highest BCUT2D eigenvalue weighted by atomic mass is 16.3. The Balaban J connectivity index is 1.06. The molecule has 4 aromatic heterocycles. The van der Waals surface area contributed by atoms with Gasteiger partial charge in [0, 0.05) is 38.7 Å². The molecule has 0 spiro atoms. The first-order valence-corrected chi connectivity index (χ1v) is 20.1. The van der Waals surface area contributed by atoms with Crippen molar-refractivity contribution in [2.45, 2.75) is 0 Å². The van der Waals surface area contributed by atoms with Gasteiger partial charge in [-0.25, -0.2) is 19.9 Å². The molecular weight excluding hydrogens is 735 g/mol.